The number of hydrogen-bond donors (Lipinski definition) is 0. The summed E-state index contributed by atoms with van der Waals surface area (Å²) >= 11 is 15.7. The van der Waals surface area contributed by atoms with E-state index in [0.29, 0.717) is 26.7 Å². The molecule has 1 heterocycles. The Labute approximate surface area is 211 Å². The Morgan fingerprint density at radius 3 is 2.21 bits per heavy atom. The molecule has 1 aliphatic heterocycles. The summed E-state index contributed by atoms with van der Waals surface area (Å²) in [4.78, 5) is 29.4. The summed E-state index contributed by atoms with van der Waals surface area (Å²) in [6.07, 6.45) is 0. The quantitative estimate of drug-likeness (QED) is 0.396. The second-order valence-corrected chi connectivity index (χ2v) is 9.72. The normalized spacial score (nSPS) is 17.2. The molecule has 1 aliphatic rings. The van der Waals surface area contributed by atoms with Gasteiger partial charge in [-0.15, -0.1) is 0 Å². The topological polar surface area (TPSA) is 49.9 Å². The molecule has 0 saturated heterocycles. The van der Waals surface area contributed by atoms with Gasteiger partial charge in [-0.2, -0.15) is 0 Å². The van der Waals surface area contributed by atoms with Gasteiger partial charge in [0.2, 0.25) is 5.91 Å². The van der Waals surface area contributed by atoms with E-state index in [-0.39, 0.29) is 25.0 Å². The van der Waals surface area contributed by atoms with Crippen LogP contribution >= 0.6 is 39.1 Å². The predicted octanol–water partition coefficient (Wildman–Crippen LogP) is 5.72. The third-order valence-corrected chi connectivity index (χ3v) is 6.59. The number of amides is 2. The van der Waals surface area contributed by atoms with Gasteiger partial charge in [-0.25, -0.2) is 0 Å². The van der Waals surface area contributed by atoms with Crippen LogP contribution in [0.2, 0.25) is 10.0 Å². The van der Waals surface area contributed by atoms with Gasteiger partial charge in [0.15, 0.2) is 5.72 Å². The van der Waals surface area contributed by atoms with Crippen LogP contribution in [-0.2, 0) is 21.8 Å². The zero-order chi connectivity index (χ0) is 23.8. The number of hydrogen-bond acceptors (Lipinski definition) is 3. The first-order chi connectivity index (χ1) is 15.7. The van der Waals surface area contributed by atoms with E-state index < -0.39 is 5.72 Å². The average molecular weight is 548 g/mol. The van der Waals surface area contributed by atoms with Crippen molar-refractivity contribution in [1.29, 1.82) is 0 Å². The minimum atomic E-state index is -1.32. The summed E-state index contributed by atoms with van der Waals surface area (Å²) < 4.78 is 7.19. The second-order valence-electron chi connectivity index (χ2n) is 7.94. The molecule has 0 spiro atoms. The van der Waals surface area contributed by atoms with E-state index in [0.717, 1.165) is 10.0 Å². The highest BCUT2D eigenvalue weighted by molar-refractivity contribution is 9.10. The Hall–Kier alpha value is -2.38. The molecule has 3 aromatic carbocycles. The Morgan fingerprint density at radius 1 is 1.00 bits per heavy atom. The zero-order valence-corrected chi connectivity index (χ0v) is 21.1. The molecule has 1 atom stereocenters. The molecular weight excluding hydrogens is 527 g/mol. The monoisotopic (exact) mass is 546 g/mol. The maximum absolute atomic E-state index is 13.7. The number of nitrogens with zero attached hydrogens (tertiary/aromatic N) is 2. The van der Waals surface area contributed by atoms with Gasteiger partial charge in [0, 0.05) is 51.8 Å². The SMILES string of the molecule is CN(C)C(=O)COC1(c2ccc(Cl)cc2)c2ccc(Br)cc2C(=O)N1Cc1ccc(Cl)cc1. The lowest BCUT2D eigenvalue weighted by Gasteiger charge is -2.39. The zero-order valence-electron chi connectivity index (χ0n) is 18.0. The minimum Gasteiger partial charge on any atom is -0.347 e. The standard InChI is InChI=1S/C25H21BrCl2N2O3/c1-29(2)23(31)15-33-25(17-5-10-20(28)11-6-17)22-12-7-18(26)13-21(22)24(32)30(25)14-16-3-8-19(27)9-4-16/h3-13H,14-15H2,1-2H3. The number of rotatable bonds is 6. The molecule has 0 saturated carbocycles. The van der Waals surface area contributed by atoms with Crippen molar-refractivity contribution in [3.63, 3.8) is 0 Å². The van der Waals surface area contributed by atoms with Crippen molar-refractivity contribution in [2.75, 3.05) is 20.7 Å². The molecule has 0 aliphatic carbocycles. The van der Waals surface area contributed by atoms with Gasteiger partial charge in [0.1, 0.15) is 6.61 Å². The number of benzene rings is 3. The number of carbonyl (C=O) groups excluding carboxylic acids is 2. The first-order valence-corrected chi connectivity index (χ1v) is 11.7. The van der Waals surface area contributed by atoms with Crippen LogP contribution in [0, 0.1) is 0 Å². The molecule has 0 N–H and O–H groups in total. The van der Waals surface area contributed by atoms with Crippen LogP contribution in [-0.4, -0.2) is 42.3 Å². The first kappa shape index (κ1) is 23.8. The van der Waals surface area contributed by atoms with Gasteiger partial charge in [0.25, 0.3) is 5.91 Å². The molecule has 3 aromatic rings. The number of halogens is 3. The van der Waals surface area contributed by atoms with Gasteiger partial charge in [-0.1, -0.05) is 69.5 Å². The van der Waals surface area contributed by atoms with Crippen LogP contribution < -0.4 is 0 Å². The lowest BCUT2D eigenvalue weighted by atomic mass is 9.93. The minimum absolute atomic E-state index is 0.200. The second kappa shape index (κ2) is 9.47. The van der Waals surface area contributed by atoms with Gasteiger partial charge in [0.05, 0.1) is 0 Å². The van der Waals surface area contributed by atoms with Crippen LogP contribution in [0.5, 0.6) is 0 Å². The lowest BCUT2D eigenvalue weighted by molar-refractivity contribution is -0.151. The molecule has 170 valence electrons. The summed E-state index contributed by atoms with van der Waals surface area (Å²) in [5.74, 6) is -0.415. The maximum Gasteiger partial charge on any atom is 0.257 e. The Kier molecular flexibility index (Phi) is 6.82. The molecule has 2 amide bonds. The molecule has 33 heavy (non-hydrogen) atoms. The van der Waals surface area contributed by atoms with Gasteiger partial charge < -0.3 is 9.64 Å². The van der Waals surface area contributed by atoms with E-state index in [1.807, 2.05) is 36.4 Å². The van der Waals surface area contributed by atoms with E-state index in [4.69, 9.17) is 27.9 Å². The van der Waals surface area contributed by atoms with Gasteiger partial charge in [-0.3, -0.25) is 14.5 Å². The van der Waals surface area contributed by atoms with Crippen molar-refractivity contribution in [2.45, 2.75) is 12.3 Å². The largest absolute Gasteiger partial charge is 0.347 e. The van der Waals surface area contributed by atoms with E-state index in [9.17, 15) is 9.59 Å². The maximum atomic E-state index is 13.7. The molecule has 1 unspecified atom stereocenters. The predicted molar refractivity (Wildman–Crippen MR) is 132 cm³/mol. The molecule has 0 aromatic heterocycles. The fraction of sp³-hybridized carbons (Fsp3) is 0.200. The summed E-state index contributed by atoms with van der Waals surface area (Å²) in [5.41, 5.74) is 1.43. The van der Waals surface area contributed by atoms with E-state index >= 15 is 0 Å². The first-order valence-electron chi connectivity index (χ1n) is 10.2. The third kappa shape index (κ3) is 4.53. The number of likely N-dealkylation sites (N-methyl/N-ethyl adjacent to an activating group) is 1. The van der Waals surface area contributed by atoms with Crippen molar-refractivity contribution in [3.8, 4) is 0 Å². The summed E-state index contributed by atoms with van der Waals surface area (Å²) in [6.45, 7) is 0.0383. The molecular formula is C25H21BrCl2N2O3. The Morgan fingerprint density at radius 2 is 1.61 bits per heavy atom. The van der Waals surface area contributed by atoms with E-state index in [2.05, 4.69) is 15.9 Å². The summed E-state index contributed by atoms with van der Waals surface area (Å²) in [5, 5.41) is 1.17. The van der Waals surface area contributed by atoms with Crippen molar-refractivity contribution in [1.82, 2.24) is 9.80 Å². The molecule has 4 rings (SSSR count). The van der Waals surface area contributed by atoms with Crippen LogP contribution in [0.25, 0.3) is 0 Å². The van der Waals surface area contributed by atoms with Crippen molar-refractivity contribution >= 4 is 50.9 Å². The van der Waals surface area contributed by atoms with Crippen molar-refractivity contribution in [2.24, 2.45) is 0 Å². The van der Waals surface area contributed by atoms with Crippen molar-refractivity contribution in [3.05, 3.63) is 104 Å². The van der Waals surface area contributed by atoms with Crippen LogP contribution in [0.15, 0.2) is 71.2 Å². The van der Waals surface area contributed by atoms with Crippen molar-refractivity contribution < 1.29 is 14.3 Å². The highest BCUT2D eigenvalue weighted by Crippen LogP contribution is 2.47. The third-order valence-electron chi connectivity index (χ3n) is 5.60. The smallest absolute Gasteiger partial charge is 0.257 e. The number of fused-ring (bicyclic) bond motifs is 1. The fourth-order valence-corrected chi connectivity index (χ4v) is 4.51. The van der Waals surface area contributed by atoms with Gasteiger partial charge in [-0.05, 0) is 42.0 Å². The van der Waals surface area contributed by atoms with Crippen LogP contribution in [0.1, 0.15) is 27.0 Å². The highest BCUT2D eigenvalue weighted by Gasteiger charge is 2.52. The Balaban J connectivity index is 1.90. The average Bonchev–Trinajstić information content (AvgIpc) is 3.02. The number of ether oxygens (including phenoxy) is 1. The van der Waals surface area contributed by atoms with E-state index in [1.165, 1.54) is 4.90 Å². The molecule has 0 fully saturated rings. The summed E-state index contributed by atoms with van der Waals surface area (Å²) in [7, 11) is 3.33. The van der Waals surface area contributed by atoms with Crippen LogP contribution in [0.3, 0.4) is 0 Å². The highest BCUT2D eigenvalue weighted by atomic mass is 79.9. The fourth-order valence-electron chi connectivity index (χ4n) is 3.90. The summed E-state index contributed by atoms with van der Waals surface area (Å²) in [6, 6.07) is 19.9. The Bertz CT molecular complexity index is 1200. The van der Waals surface area contributed by atoms with Crippen LogP contribution in [0.4, 0.5) is 0 Å². The molecule has 0 radical (unpaired) electrons. The van der Waals surface area contributed by atoms with E-state index in [1.54, 1.807) is 49.3 Å². The molecule has 0 bridgehead atoms. The molecule has 5 nitrogen and oxygen atoms in total. The number of carbonyl (C=O) groups is 2. The van der Waals surface area contributed by atoms with Gasteiger partial charge >= 0.3 is 0 Å². The molecule has 8 heteroatoms. The lowest BCUT2D eigenvalue weighted by Crippen LogP contribution is -2.48.